The van der Waals surface area contributed by atoms with Gasteiger partial charge in [-0.15, -0.1) is 0 Å². The number of carbonyl (C=O) groups excluding carboxylic acids is 2. The average Bonchev–Trinajstić information content (AvgIpc) is 3.78. The molecular formula is C32H53N3O6S. The zero-order chi connectivity index (χ0) is 30.7. The van der Waals surface area contributed by atoms with Crippen molar-refractivity contribution in [1.82, 2.24) is 15.5 Å². The second-order valence-corrected chi connectivity index (χ2v) is 15.3. The molecule has 0 aliphatic heterocycles. The van der Waals surface area contributed by atoms with Crippen molar-refractivity contribution in [1.29, 1.82) is 0 Å². The molecular weight excluding hydrogens is 554 g/mol. The first-order valence-electron chi connectivity index (χ1n) is 15.8. The Hall–Kier alpha value is -2.01. The number of sulfone groups is 1. The number of nitrogens with zero attached hydrogens (tertiary/aromatic N) is 1. The van der Waals surface area contributed by atoms with E-state index in [4.69, 9.17) is 0 Å². The highest BCUT2D eigenvalue weighted by Crippen LogP contribution is 2.35. The number of nitrogens with one attached hydrogen (secondary N) is 2. The van der Waals surface area contributed by atoms with E-state index in [1.165, 1.54) is 6.42 Å². The van der Waals surface area contributed by atoms with Gasteiger partial charge in [-0.3, -0.25) is 9.59 Å². The summed E-state index contributed by atoms with van der Waals surface area (Å²) in [6.07, 6.45) is 7.28. The lowest BCUT2D eigenvalue weighted by Crippen LogP contribution is -2.52. The van der Waals surface area contributed by atoms with Crippen LogP contribution >= 0.6 is 0 Å². The van der Waals surface area contributed by atoms with Gasteiger partial charge in [-0.2, -0.15) is 0 Å². The van der Waals surface area contributed by atoms with Crippen molar-refractivity contribution in [2.75, 3.05) is 38.7 Å². The third kappa shape index (κ3) is 12.3. The molecule has 2 aliphatic carbocycles. The highest BCUT2D eigenvalue weighted by atomic mass is 32.2. The number of aliphatic hydroxyl groups is 2. The zero-order valence-corrected chi connectivity index (χ0v) is 26.5. The maximum absolute atomic E-state index is 13.3. The molecule has 0 aromatic heterocycles. The minimum atomic E-state index is -3.48. The molecule has 0 bridgehead atoms. The number of hydrogen-bond acceptors (Lipinski definition) is 7. The van der Waals surface area contributed by atoms with Crippen molar-refractivity contribution in [3.63, 3.8) is 0 Å². The number of rotatable bonds is 18. The molecule has 2 saturated carbocycles. The first kappa shape index (κ1) is 34.5. The molecule has 3 rings (SSSR count). The van der Waals surface area contributed by atoms with Crippen molar-refractivity contribution in [2.24, 2.45) is 23.7 Å². The van der Waals surface area contributed by atoms with Gasteiger partial charge in [0.15, 0.2) is 9.84 Å². The van der Waals surface area contributed by atoms with Crippen LogP contribution in [0.15, 0.2) is 30.3 Å². The molecule has 0 saturated heterocycles. The molecule has 1 aromatic rings. The van der Waals surface area contributed by atoms with E-state index in [1.807, 2.05) is 44.4 Å². The van der Waals surface area contributed by atoms with Gasteiger partial charge in [-0.05, 0) is 50.8 Å². The Morgan fingerprint density at radius 2 is 1.60 bits per heavy atom. The Labute approximate surface area is 252 Å². The van der Waals surface area contributed by atoms with E-state index in [2.05, 4.69) is 10.6 Å². The maximum Gasteiger partial charge on any atom is 0.224 e. The molecule has 2 aliphatic rings. The van der Waals surface area contributed by atoms with Crippen LogP contribution in [0.3, 0.4) is 0 Å². The summed E-state index contributed by atoms with van der Waals surface area (Å²) in [5.74, 6) is -1.53. The zero-order valence-electron chi connectivity index (χ0n) is 25.7. The summed E-state index contributed by atoms with van der Waals surface area (Å²) in [6, 6.07) is 8.78. The SMILES string of the molecule is C[C@H](CNC(=O)[C@H](Cc1ccccc1)CS(=O)(=O)CCN(C)C)C(=O)N[C@@H](CC1CCCCC1)[C@@H](O)[C@@H](O)CC1CC1. The molecule has 0 spiro atoms. The second-order valence-electron chi connectivity index (χ2n) is 13.0. The van der Waals surface area contributed by atoms with Crippen molar-refractivity contribution in [2.45, 2.75) is 89.4 Å². The molecule has 0 radical (unpaired) electrons. The second kappa shape index (κ2) is 16.7. The van der Waals surface area contributed by atoms with Gasteiger partial charge in [-0.25, -0.2) is 8.42 Å². The van der Waals surface area contributed by atoms with Crippen LogP contribution in [0.2, 0.25) is 0 Å². The van der Waals surface area contributed by atoms with Crippen LogP contribution in [0.25, 0.3) is 0 Å². The van der Waals surface area contributed by atoms with E-state index in [9.17, 15) is 28.2 Å². The molecule has 2 amide bonds. The molecule has 238 valence electrons. The summed E-state index contributed by atoms with van der Waals surface area (Å²) >= 11 is 0. The first-order chi connectivity index (χ1) is 19.9. The van der Waals surface area contributed by atoms with Crippen LogP contribution in [-0.2, 0) is 25.8 Å². The lowest BCUT2D eigenvalue weighted by atomic mass is 9.82. The van der Waals surface area contributed by atoms with Gasteiger partial charge in [0.1, 0.15) is 6.10 Å². The monoisotopic (exact) mass is 607 g/mol. The summed E-state index contributed by atoms with van der Waals surface area (Å²) in [5, 5.41) is 27.5. The van der Waals surface area contributed by atoms with Gasteiger partial charge in [-0.1, -0.05) is 82.2 Å². The molecule has 0 unspecified atom stereocenters. The molecule has 9 nitrogen and oxygen atoms in total. The molecule has 1 aromatic carbocycles. The van der Waals surface area contributed by atoms with Crippen LogP contribution < -0.4 is 10.6 Å². The van der Waals surface area contributed by atoms with Gasteiger partial charge in [0.2, 0.25) is 11.8 Å². The van der Waals surface area contributed by atoms with E-state index >= 15 is 0 Å². The van der Waals surface area contributed by atoms with Gasteiger partial charge in [0, 0.05) is 13.1 Å². The van der Waals surface area contributed by atoms with Crippen LogP contribution in [-0.4, -0.2) is 92.3 Å². The fraction of sp³-hybridized carbons (Fsp3) is 0.750. The summed E-state index contributed by atoms with van der Waals surface area (Å²) in [7, 11) is 0.135. The topological polar surface area (TPSA) is 136 Å². The van der Waals surface area contributed by atoms with Gasteiger partial charge < -0.3 is 25.7 Å². The predicted octanol–water partition coefficient (Wildman–Crippen LogP) is 2.55. The number of benzene rings is 1. The normalized spacial score (nSPS) is 20.0. The third-order valence-corrected chi connectivity index (χ3v) is 10.5. The Bertz CT molecular complexity index is 1070. The number of carbonyl (C=O) groups is 2. The fourth-order valence-corrected chi connectivity index (χ4v) is 7.51. The standard InChI is InChI=1S/C32H53N3O6S/c1-23(31(38)34-28(19-25-12-8-5-9-13-25)30(37)29(36)20-26-14-15-26)21-33-32(39)27(18-24-10-6-4-7-11-24)22-42(40,41)17-16-35(2)3/h4,6-7,10-11,23,25-30,36-37H,5,8-9,12-22H2,1-3H3,(H,33,39)(H,34,38)/t23-,27-,28+,29+,30-/m1/s1. The Kier molecular flexibility index (Phi) is 13.7. The maximum atomic E-state index is 13.3. The smallest absolute Gasteiger partial charge is 0.224 e. The number of aliphatic hydroxyl groups excluding tert-OH is 2. The minimum Gasteiger partial charge on any atom is -0.390 e. The summed E-state index contributed by atoms with van der Waals surface area (Å²) in [5.41, 5.74) is 0.871. The van der Waals surface area contributed by atoms with Crippen LogP contribution in [0.1, 0.15) is 70.3 Å². The quantitative estimate of drug-likeness (QED) is 0.201. The largest absolute Gasteiger partial charge is 0.390 e. The Morgan fingerprint density at radius 3 is 2.21 bits per heavy atom. The van der Waals surface area contributed by atoms with E-state index in [-0.39, 0.29) is 30.4 Å². The van der Waals surface area contributed by atoms with E-state index < -0.39 is 45.8 Å². The van der Waals surface area contributed by atoms with E-state index in [0.29, 0.717) is 31.2 Å². The molecule has 0 heterocycles. The summed E-state index contributed by atoms with van der Waals surface area (Å²) < 4.78 is 25.7. The van der Waals surface area contributed by atoms with Gasteiger partial charge >= 0.3 is 0 Å². The van der Waals surface area contributed by atoms with Crippen LogP contribution in [0.4, 0.5) is 0 Å². The third-order valence-electron chi connectivity index (χ3n) is 8.75. The van der Waals surface area contributed by atoms with Gasteiger partial charge in [0.05, 0.1) is 35.5 Å². The Morgan fingerprint density at radius 1 is 0.952 bits per heavy atom. The molecule has 5 atom stereocenters. The lowest BCUT2D eigenvalue weighted by molar-refractivity contribution is -0.128. The molecule has 42 heavy (non-hydrogen) atoms. The van der Waals surface area contributed by atoms with Crippen molar-refractivity contribution < 1.29 is 28.2 Å². The molecule has 4 N–H and O–H groups in total. The number of hydrogen-bond donors (Lipinski definition) is 4. The average molecular weight is 608 g/mol. The highest BCUT2D eigenvalue weighted by molar-refractivity contribution is 7.91. The molecule has 2 fully saturated rings. The van der Waals surface area contributed by atoms with Gasteiger partial charge in [0.25, 0.3) is 0 Å². The van der Waals surface area contributed by atoms with Crippen LogP contribution in [0, 0.1) is 23.7 Å². The van der Waals surface area contributed by atoms with E-state index in [0.717, 1.165) is 44.1 Å². The Balaban J connectivity index is 1.60. The molecule has 10 heteroatoms. The van der Waals surface area contributed by atoms with Crippen molar-refractivity contribution in [3.8, 4) is 0 Å². The first-order valence-corrected chi connectivity index (χ1v) is 17.6. The summed E-state index contributed by atoms with van der Waals surface area (Å²) in [4.78, 5) is 28.3. The van der Waals surface area contributed by atoms with Crippen molar-refractivity contribution >= 4 is 21.7 Å². The minimum absolute atomic E-state index is 0.0331. The number of amides is 2. The predicted molar refractivity (Wildman–Crippen MR) is 165 cm³/mol. The lowest BCUT2D eigenvalue weighted by Gasteiger charge is -2.33. The van der Waals surface area contributed by atoms with Crippen molar-refractivity contribution in [3.05, 3.63) is 35.9 Å². The highest BCUT2D eigenvalue weighted by Gasteiger charge is 2.35. The van der Waals surface area contributed by atoms with E-state index in [1.54, 1.807) is 11.8 Å². The van der Waals surface area contributed by atoms with Crippen LogP contribution in [0.5, 0.6) is 0 Å². The summed E-state index contributed by atoms with van der Waals surface area (Å²) in [6.45, 7) is 2.13. The fourth-order valence-electron chi connectivity index (χ4n) is 5.82.